The second-order valence-corrected chi connectivity index (χ2v) is 16.5. The Labute approximate surface area is 308 Å². The third-order valence-corrected chi connectivity index (χ3v) is 12.4. The zero-order valence-electron chi connectivity index (χ0n) is 30.6. The molecule has 3 aliphatic carbocycles. The van der Waals surface area contributed by atoms with Crippen molar-refractivity contribution in [3.63, 3.8) is 0 Å². The van der Waals surface area contributed by atoms with Crippen LogP contribution in [0.5, 0.6) is 0 Å². The first-order chi connectivity index (χ1) is 25.4. The lowest BCUT2D eigenvalue weighted by molar-refractivity contribution is 0.519. The molecule has 0 saturated carbocycles. The predicted octanol–water partition coefficient (Wildman–Crippen LogP) is 12.7. The largest absolute Gasteiger partial charge is 0.337 e. The molecule has 2 heterocycles. The molecule has 0 amide bonds. The second kappa shape index (κ2) is 12.2. The van der Waals surface area contributed by atoms with E-state index < -0.39 is 0 Å². The Kier molecular flexibility index (Phi) is 7.39. The number of nitrogens with zero attached hydrogens (tertiary/aromatic N) is 2. The molecule has 0 radical (unpaired) electrons. The average molecular weight is 675 g/mol. The summed E-state index contributed by atoms with van der Waals surface area (Å²) in [4.78, 5) is 7.11. The van der Waals surface area contributed by atoms with Crippen LogP contribution in [0.4, 0.5) is 5.69 Å². The van der Waals surface area contributed by atoms with Crippen LogP contribution in [-0.4, -0.2) is 12.3 Å². The normalized spacial score (nSPS) is 21.8. The number of hydrogen-bond donors (Lipinski definition) is 0. The molecule has 5 aliphatic rings. The number of hydrogen-bond acceptors (Lipinski definition) is 2. The standard InChI is InChI=1S/C50H46N2/c1-50(2,3)38-27-35-22-24-42-44(33-20-18-32(19-21-33)37-12-10-26-51-31-37)30-45(43-25-23-36(28-38)48(35)49(42)43)34-11-9-13-39(29-34)52-46-16-6-4-5-14-40(46)41-15-7-8-17-47(41)52/h4-7,9-11,13,15-16,18-21,23,25-31,37,41,47H,8,12,14,17,22,24H2,1-3H3. The fourth-order valence-electron chi connectivity index (χ4n) is 9.76. The van der Waals surface area contributed by atoms with E-state index in [9.17, 15) is 0 Å². The van der Waals surface area contributed by atoms with Gasteiger partial charge in [-0.3, -0.25) is 4.99 Å². The molecule has 0 aromatic heterocycles. The lowest BCUT2D eigenvalue weighted by Crippen LogP contribution is -2.34. The number of aryl methyl sites for hydroxylation is 2. The number of fused-ring (bicyclic) bond motifs is 2. The van der Waals surface area contributed by atoms with E-state index in [-0.39, 0.29) is 5.41 Å². The molecule has 3 unspecified atom stereocenters. The molecule has 256 valence electrons. The quantitative estimate of drug-likeness (QED) is 0.137. The summed E-state index contributed by atoms with van der Waals surface area (Å²) in [6.07, 6.45) is 26.7. The molecule has 10 rings (SSSR count). The van der Waals surface area contributed by atoms with Gasteiger partial charge in [-0.25, -0.2) is 0 Å². The Bertz CT molecular complexity index is 2460. The van der Waals surface area contributed by atoms with Crippen LogP contribution in [0, 0.1) is 5.92 Å². The second-order valence-electron chi connectivity index (χ2n) is 16.5. The van der Waals surface area contributed by atoms with Gasteiger partial charge in [-0.1, -0.05) is 118 Å². The number of aliphatic imine (C=N–C) groups is 1. The lowest BCUT2D eigenvalue weighted by Gasteiger charge is -2.33. The average Bonchev–Trinajstić information content (AvgIpc) is 3.29. The zero-order chi connectivity index (χ0) is 35.0. The third kappa shape index (κ3) is 5.10. The monoisotopic (exact) mass is 674 g/mol. The van der Waals surface area contributed by atoms with E-state index in [1.54, 1.807) is 5.57 Å². The van der Waals surface area contributed by atoms with Crippen LogP contribution in [0.2, 0.25) is 0 Å². The van der Waals surface area contributed by atoms with Gasteiger partial charge in [0.15, 0.2) is 0 Å². The smallest absolute Gasteiger partial charge is 0.0446 e. The Morgan fingerprint density at radius 1 is 0.788 bits per heavy atom. The van der Waals surface area contributed by atoms with E-state index in [2.05, 4.69) is 158 Å². The van der Waals surface area contributed by atoms with Gasteiger partial charge in [0.1, 0.15) is 0 Å². The Morgan fingerprint density at radius 3 is 2.54 bits per heavy atom. The molecule has 5 aromatic carbocycles. The molecule has 2 heteroatoms. The first kappa shape index (κ1) is 31.5. The van der Waals surface area contributed by atoms with Gasteiger partial charge in [-0.15, -0.1) is 0 Å². The zero-order valence-corrected chi connectivity index (χ0v) is 30.6. The highest BCUT2D eigenvalue weighted by Crippen LogP contribution is 2.49. The van der Waals surface area contributed by atoms with Crippen molar-refractivity contribution in [1.29, 1.82) is 0 Å². The summed E-state index contributed by atoms with van der Waals surface area (Å²) in [5.41, 5.74) is 15.4. The molecule has 2 nitrogen and oxygen atoms in total. The van der Waals surface area contributed by atoms with E-state index in [0.717, 1.165) is 32.1 Å². The molecule has 0 N–H and O–H groups in total. The van der Waals surface area contributed by atoms with Crippen molar-refractivity contribution >= 4 is 33.4 Å². The van der Waals surface area contributed by atoms with Crippen LogP contribution in [0.15, 0.2) is 144 Å². The minimum Gasteiger partial charge on any atom is -0.337 e. The van der Waals surface area contributed by atoms with Crippen LogP contribution >= 0.6 is 0 Å². The highest BCUT2D eigenvalue weighted by Gasteiger charge is 2.39. The highest BCUT2D eigenvalue weighted by molar-refractivity contribution is 6.17. The molecule has 0 bridgehead atoms. The Hall–Kier alpha value is -5.21. The SMILES string of the molecule is CC(C)(C)c1cc2c3c(ccc4c(-c5cccc(N6C7=C(CC=CC=C7)C7C=CCCC76)c5)cc(-c5ccc(C6C=NC=CC6)cc5)c(c43)CC2)c1. The van der Waals surface area contributed by atoms with Crippen molar-refractivity contribution < 1.29 is 0 Å². The van der Waals surface area contributed by atoms with Crippen molar-refractivity contribution in [3.05, 3.63) is 161 Å². The number of allylic oxidation sites excluding steroid dienone is 6. The van der Waals surface area contributed by atoms with Gasteiger partial charge in [0.05, 0.1) is 0 Å². The maximum atomic E-state index is 4.44. The van der Waals surface area contributed by atoms with Crippen molar-refractivity contribution in [2.75, 3.05) is 4.90 Å². The van der Waals surface area contributed by atoms with Crippen molar-refractivity contribution in [2.45, 2.75) is 76.7 Å². The van der Waals surface area contributed by atoms with E-state index in [1.165, 1.54) is 83.9 Å². The highest BCUT2D eigenvalue weighted by atomic mass is 15.2. The maximum absolute atomic E-state index is 4.44. The van der Waals surface area contributed by atoms with Gasteiger partial charge in [-0.05, 0) is 140 Å². The molecule has 3 atom stereocenters. The maximum Gasteiger partial charge on any atom is 0.0446 e. The number of anilines is 1. The minimum absolute atomic E-state index is 0.106. The predicted molar refractivity (Wildman–Crippen MR) is 221 cm³/mol. The summed E-state index contributed by atoms with van der Waals surface area (Å²) in [6.45, 7) is 7.02. The summed E-state index contributed by atoms with van der Waals surface area (Å²) in [7, 11) is 0. The summed E-state index contributed by atoms with van der Waals surface area (Å²) in [5.74, 6) is 0.821. The van der Waals surface area contributed by atoms with Crippen LogP contribution in [0.3, 0.4) is 0 Å². The molecule has 2 aliphatic heterocycles. The van der Waals surface area contributed by atoms with Crippen molar-refractivity contribution in [3.8, 4) is 22.3 Å². The van der Waals surface area contributed by atoms with Gasteiger partial charge in [0.25, 0.3) is 0 Å². The fourth-order valence-corrected chi connectivity index (χ4v) is 9.76. The number of benzene rings is 5. The summed E-state index contributed by atoms with van der Waals surface area (Å²) in [5, 5.41) is 5.64. The van der Waals surface area contributed by atoms with Crippen LogP contribution in [0.1, 0.15) is 74.6 Å². The fraction of sp³-hybridized carbons (Fsp3) is 0.260. The summed E-state index contributed by atoms with van der Waals surface area (Å²) >= 11 is 0. The topological polar surface area (TPSA) is 15.6 Å². The van der Waals surface area contributed by atoms with Gasteiger partial charge in [-0.2, -0.15) is 0 Å². The van der Waals surface area contributed by atoms with Crippen LogP contribution in [-0.2, 0) is 18.3 Å². The molecular weight excluding hydrogens is 629 g/mol. The third-order valence-electron chi connectivity index (χ3n) is 12.4. The van der Waals surface area contributed by atoms with E-state index in [1.807, 2.05) is 6.20 Å². The van der Waals surface area contributed by atoms with Gasteiger partial charge in [0.2, 0.25) is 0 Å². The summed E-state index contributed by atoms with van der Waals surface area (Å²) < 4.78 is 0. The molecule has 0 saturated heterocycles. The van der Waals surface area contributed by atoms with Gasteiger partial charge in [0, 0.05) is 41.7 Å². The Balaban J connectivity index is 1.17. The van der Waals surface area contributed by atoms with E-state index in [0.29, 0.717) is 17.9 Å². The van der Waals surface area contributed by atoms with E-state index in [4.69, 9.17) is 0 Å². The minimum atomic E-state index is 0.106. The molecule has 52 heavy (non-hydrogen) atoms. The van der Waals surface area contributed by atoms with Gasteiger partial charge >= 0.3 is 0 Å². The lowest BCUT2D eigenvalue weighted by atomic mass is 9.77. The van der Waals surface area contributed by atoms with E-state index >= 15 is 0 Å². The summed E-state index contributed by atoms with van der Waals surface area (Å²) in [6, 6.07) is 31.6. The van der Waals surface area contributed by atoms with Crippen LogP contribution < -0.4 is 4.90 Å². The Morgan fingerprint density at radius 2 is 1.69 bits per heavy atom. The molecule has 0 fully saturated rings. The van der Waals surface area contributed by atoms with Crippen molar-refractivity contribution in [1.82, 2.24) is 0 Å². The molecule has 5 aromatic rings. The number of rotatable bonds is 4. The molecule has 0 spiro atoms. The van der Waals surface area contributed by atoms with Crippen LogP contribution in [0.25, 0.3) is 43.8 Å². The first-order valence-corrected chi connectivity index (χ1v) is 19.4. The van der Waals surface area contributed by atoms with Crippen molar-refractivity contribution in [2.24, 2.45) is 10.9 Å². The molecular formula is C50H46N2. The van der Waals surface area contributed by atoms with Gasteiger partial charge < -0.3 is 4.90 Å². The first-order valence-electron chi connectivity index (χ1n) is 19.4.